The number of pyridine rings is 1. The third kappa shape index (κ3) is 2.72. The minimum absolute atomic E-state index is 0.0131. The first-order valence-electron chi connectivity index (χ1n) is 10.2. The molecule has 0 radical (unpaired) electrons. The Labute approximate surface area is 158 Å². The standard InChI is InChI=1S/C21H26N2O4/c24-19(25)21-10-13-8-14(11-21)18(15(9-13)12-21)27-20(26)23-7-3-5-17(23)16-4-1-2-6-22-16/h1-2,4,6,13-15,17-18H,3,5,7-12H2,(H,24,25)/t13?,14-,15+,17?,18?,21?. The quantitative estimate of drug-likeness (QED) is 0.879. The van der Waals surface area contributed by atoms with Gasteiger partial charge in [0.2, 0.25) is 0 Å². The van der Waals surface area contributed by atoms with Gasteiger partial charge in [0, 0.05) is 12.7 Å². The van der Waals surface area contributed by atoms with E-state index in [-0.39, 0.29) is 30.1 Å². The topological polar surface area (TPSA) is 79.7 Å². The predicted octanol–water partition coefficient (Wildman–Crippen LogP) is 3.63. The average Bonchev–Trinajstić information content (AvgIpc) is 3.14. The van der Waals surface area contributed by atoms with Crippen molar-refractivity contribution < 1.29 is 19.4 Å². The second-order valence-corrected chi connectivity index (χ2v) is 9.01. The second-order valence-electron chi connectivity index (χ2n) is 9.01. The molecule has 6 atom stereocenters. The van der Waals surface area contributed by atoms with Crippen molar-refractivity contribution in [3.8, 4) is 0 Å². The Bertz CT molecular complexity index is 736. The van der Waals surface area contributed by atoms with Gasteiger partial charge in [-0.2, -0.15) is 0 Å². The van der Waals surface area contributed by atoms with E-state index >= 15 is 0 Å². The van der Waals surface area contributed by atoms with Crippen molar-refractivity contribution in [1.82, 2.24) is 9.88 Å². The lowest BCUT2D eigenvalue weighted by Gasteiger charge is -2.57. The molecule has 4 aliphatic carbocycles. The first-order chi connectivity index (χ1) is 13.1. The number of amides is 1. The number of carbonyl (C=O) groups excluding carboxylic acids is 1. The highest BCUT2D eigenvalue weighted by Crippen LogP contribution is 2.61. The molecule has 5 aliphatic rings. The fourth-order valence-electron chi connectivity index (χ4n) is 6.48. The summed E-state index contributed by atoms with van der Waals surface area (Å²) >= 11 is 0. The molecule has 1 aromatic rings. The van der Waals surface area contributed by atoms with E-state index in [1.807, 2.05) is 23.1 Å². The number of carboxylic acid groups (broad SMARTS) is 1. The molecule has 2 heterocycles. The zero-order valence-electron chi connectivity index (χ0n) is 15.4. The zero-order valence-corrected chi connectivity index (χ0v) is 15.4. The van der Waals surface area contributed by atoms with E-state index in [0.29, 0.717) is 25.3 Å². The molecule has 6 rings (SSSR count). The van der Waals surface area contributed by atoms with Crippen LogP contribution in [0.1, 0.15) is 56.7 Å². The summed E-state index contributed by atoms with van der Waals surface area (Å²) in [6.07, 6.45) is 7.42. The van der Waals surface area contributed by atoms with E-state index in [2.05, 4.69) is 4.98 Å². The van der Waals surface area contributed by atoms with Crippen LogP contribution < -0.4 is 0 Å². The Balaban J connectivity index is 1.31. The molecule has 1 aliphatic heterocycles. The molecule has 5 fully saturated rings. The SMILES string of the molecule is O=C(OC1[C@@H]2CC3C[C@H]1CC(C(=O)O)(C3)C2)N1CCCC1c1ccccn1. The second kappa shape index (κ2) is 6.21. The molecule has 1 amide bonds. The fraction of sp³-hybridized carbons (Fsp3) is 0.667. The summed E-state index contributed by atoms with van der Waals surface area (Å²) in [6, 6.07) is 5.79. The van der Waals surface area contributed by atoms with Crippen LogP contribution in [0.2, 0.25) is 0 Å². The van der Waals surface area contributed by atoms with Crippen LogP contribution in [0.5, 0.6) is 0 Å². The van der Waals surface area contributed by atoms with Crippen molar-refractivity contribution in [3.05, 3.63) is 30.1 Å². The number of hydrogen-bond donors (Lipinski definition) is 1. The Morgan fingerprint density at radius 2 is 1.96 bits per heavy atom. The molecule has 4 saturated carbocycles. The lowest BCUT2D eigenvalue weighted by atomic mass is 9.48. The summed E-state index contributed by atoms with van der Waals surface area (Å²) in [7, 11) is 0. The molecular formula is C21H26N2O4. The van der Waals surface area contributed by atoms with Gasteiger partial charge in [0.1, 0.15) is 6.10 Å². The summed E-state index contributed by atoms with van der Waals surface area (Å²) < 4.78 is 6.05. The molecule has 0 aromatic carbocycles. The highest BCUT2D eigenvalue weighted by molar-refractivity contribution is 5.75. The average molecular weight is 370 g/mol. The number of carbonyl (C=O) groups is 2. The van der Waals surface area contributed by atoms with Crippen molar-refractivity contribution in [1.29, 1.82) is 0 Å². The Morgan fingerprint density at radius 1 is 1.19 bits per heavy atom. The molecule has 4 bridgehead atoms. The largest absolute Gasteiger partial charge is 0.481 e. The monoisotopic (exact) mass is 370 g/mol. The van der Waals surface area contributed by atoms with Crippen LogP contribution in [0.4, 0.5) is 4.79 Å². The van der Waals surface area contributed by atoms with E-state index in [1.54, 1.807) is 6.20 Å². The maximum atomic E-state index is 13.0. The molecule has 0 spiro atoms. The zero-order chi connectivity index (χ0) is 18.6. The van der Waals surface area contributed by atoms with Gasteiger partial charge in [-0.25, -0.2) is 4.79 Å². The number of rotatable bonds is 3. The number of nitrogens with zero attached hydrogens (tertiary/aromatic N) is 2. The van der Waals surface area contributed by atoms with Crippen molar-refractivity contribution in [2.75, 3.05) is 6.54 Å². The van der Waals surface area contributed by atoms with Gasteiger partial charge in [0.25, 0.3) is 0 Å². The molecule has 4 unspecified atom stereocenters. The molecule has 144 valence electrons. The van der Waals surface area contributed by atoms with E-state index in [9.17, 15) is 14.7 Å². The van der Waals surface area contributed by atoms with Crippen molar-refractivity contribution in [3.63, 3.8) is 0 Å². The molecule has 6 nitrogen and oxygen atoms in total. The Kier molecular flexibility index (Phi) is 3.92. The molecular weight excluding hydrogens is 344 g/mol. The van der Waals surface area contributed by atoms with Crippen molar-refractivity contribution in [2.24, 2.45) is 23.2 Å². The van der Waals surface area contributed by atoms with Gasteiger partial charge in [-0.1, -0.05) is 6.07 Å². The summed E-state index contributed by atoms with van der Waals surface area (Å²) in [6.45, 7) is 0.698. The van der Waals surface area contributed by atoms with Crippen molar-refractivity contribution >= 4 is 12.1 Å². The maximum absolute atomic E-state index is 13.0. The highest BCUT2D eigenvalue weighted by Gasteiger charge is 2.60. The normalized spacial score (nSPS) is 39.6. The van der Waals surface area contributed by atoms with E-state index in [1.165, 1.54) is 0 Å². The first-order valence-corrected chi connectivity index (χ1v) is 10.2. The van der Waals surface area contributed by atoms with E-state index in [4.69, 9.17) is 4.74 Å². The Hall–Kier alpha value is -2.11. The van der Waals surface area contributed by atoms with Gasteiger partial charge in [-0.3, -0.25) is 14.7 Å². The minimum Gasteiger partial charge on any atom is -0.481 e. The number of carboxylic acids is 1. The number of aromatic nitrogens is 1. The van der Waals surface area contributed by atoms with E-state index < -0.39 is 11.4 Å². The Morgan fingerprint density at radius 3 is 2.63 bits per heavy atom. The lowest BCUT2D eigenvalue weighted by molar-refractivity contribution is -0.179. The van der Waals surface area contributed by atoms with Crippen LogP contribution in [-0.2, 0) is 9.53 Å². The number of hydrogen-bond acceptors (Lipinski definition) is 4. The molecule has 1 N–H and O–H groups in total. The lowest BCUT2D eigenvalue weighted by Crippen LogP contribution is -2.57. The highest BCUT2D eigenvalue weighted by atomic mass is 16.6. The van der Waals surface area contributed by atoms with Gasteiger partial charge in [-0.15, -0.1) is 0 Å². The van der Waals surface area contributed by atoms with Gasteiger partial charge in [0.05, 0.1) is 17.2 Å². The van der Waals surface area contributed by atoms with Crippen LogP contribution in [0.15, 0.2) is 24.4 Å². The number of aliphatic carboxylic acids is 1. The summed E-state index contributed by atoms with van der Waals surface area (Å²) in [5.41, 5.74) is 0.352. The van der Waals surface area contributed by atoms with Gasteiger partial charge in [0.15, 0.2) is 0 Å². The van der Waals surface area contributed by atoms with Gasteiger partial charge < -0.3 is 9.84 Å². The van der Waals surface area contributed by atoms with Crippen LogP contribution in [0, 0.1) is 23.2 Å². The summed E-state index contributed by atoms with van der Waals surface area (Å²) in [4.78, 5) is 31.1. The smallest absolute Gasteiger partial charge is 0.410 e. The summed E-state index contributed by atoms with van der Waals surface area (Å²) in [5, 5.41) is 9.76. The predicted molar refractivity (Wildman–Crippen MR) is 96.8 cm³/mol. The third-order valence-electron chi connectivity index (χ3n) is 7.39. The fourth-order valence-corrected chi connectivity index (χ4v) is 6.48. The molecule has 6 heteroatoms. The van der Waals surface area contributed by atoms with Gasteiger partial charge in [-0.05, 0) is 74.8 Å². The first kappa shape index (κ1) is 17.0. The number of likely N-dealkylation sites (tertiary alicyclic amines) is 1. The van der Waals surface area contributed by atoms with Crippen LogP contribution in [-0.4, -0.2) is 39.7 Å². The van der Waals surface area contributed by atoms with Gasteiger partial charge >= 0.3 is 12.1 Å². The van der Waals surface area contributed by atoms with Crippen LogP contribution >= 0.6 is 0 Å². The number of ether oxygens (including phenoxy) is 1. The maximum Gasteiger partial charge on any atom is 0.410 e. The molecule has 1 aromatic heterocycles. The van der Waals surface area contributed by atoms with Crippen LogP contribution in [0.3, 0.4) is 0 Å². The van der Waals surface area contributed by atoms with E-state index in [0.717, 1.165) is 37.8 Å². The minimum atomic E-state index is -0.651. The van der Waals surface area contributed by atoms with Crippen molar-refractivity contribution in [2.45, 2.75) is 57.1 Å². The summed E-state index contributed by atoms with van der Waals surface area (Å²) in [5.74, 6) is 0.238. The molecule has 27 heavy (non-hydrogen) atoms. The third-order valence-corrected chi connectivity index (χ3v) is 7.39. The molecule has 1 saturated heterocycles. The van der Waals surface area contributed by atoms with Crippen LogP contribution in [0.25, 0.3) is 0 Å².